The van der Waals surface area contributed by atoms with Crippen molar-refractivity contribution in [2.24, 2.45) is 0 Å². The van der Waals surface area contributed by atoms with Gasteiger partial charge >= 0.3 is 0 Å². The monoisotopic (exact) mass is 329 g/mol. The number of pyridine rings is 1. The first-order valence-corrected chi connectivity index (χ1v) is 7.77. The van der Waals surface area contributed by atoms with Crippen LogP contribution in [0, 0.1) is 0 Å². The minimum atomic E-state index is -0.597. The molecular weight excluding hydrogens is 310 g/mol. The highest BCUT2D eigenvalue weighted by Crippen LogP contribution is 2.08. The molecule has 8 heteroatoms. The zero-order chi connectivity index (χ0) is 16.9. The SMILES string of the molecule is CC(NC(=O)c1ccnc(-n2ccnc2)c1)C(=O)N1CCOCC1. The Bertz CT molecular complexity index is 710. The number of aromatic nitrogens is 3. The Morgan fingerprint density at radius 2 is 2.08 bits per heavy atom. The number of morpholine rings is 1. The first-order chi connectivity index (χ1) is 11.6. The predicted molar refractivity (Wildman–Crippen MR) is 85.7 cm³/mol. The van der Waals surface area contributed by atoms with Crippen LogP contribution < -0.4 is 5.32 Å². The molecule has 1 aliphatic rings. The lowest BCUT2D eigenvalue weighted by Crippen LogP contribution is -2.50. The molecule has 2 aromatic rings. The van der Waals surface area contributed by atoms with E-state index in [-0.39, 0.29) is 11.8 Å². The summed E-state index contributed by atoms with van der Waals surface area (Å²) >= 11 is 0. The number of amides is 2. The van der Waals surface area contributed by atoms with Crippen LogP contribution in [0.5, 0.6) is 0 Å². The van der Waals surface area contributed by atoms with Crippen LogP contribution in [0.2, 0.25) is 0 Å². The average molecular weight is 329 g/mol. The molecule has 1 N–H and O–H groups in total. The number of carbonyl (C=O) groups excluding carboxylic acids is 2. The summed E-state index contributed by atoms with van der Waals surface area (Å²) in [6, 6.07) is 2.67. The molecule has 1 unspecified atom stereocenters. The molecule has 3 heterocycles. The summed E-state index contributed by atoms with van der Waals surface area (Å²) in [5.74, 6) is 0.177. The van der Waals surface area contributed by atoms with Gasteiger partial charge in [-0.2, -0.15) is 0 Å². The quantitative estimate of drug-likeness (QED) is 0.868. The van der Waals surface area contributed by atoms with Gasteiger partial charge in [0.1, 0.15) is 18.2 Å². The molecule has 126 valence electrons. The number of nitrogens with zero attached hydrogens (tertiary/aromatic N) is 4. The second-order valence-corrected chi connectivity index (χ2v) is 5.51. The maximum Gasteiger partial charge on any atom is 0.252 e. The second-order valence-electron chi connectivity index (χ2n) is 5.51. The highest BCUT2D eigenvalue weighted by atomic mass is 16.5. The topological polar surface area (TPSA) is 89.3 Å². The van der Waals surface area contributed by atoms with E-state index in [9.17, 15) is 9.59 Å². The summed E-state index contributed by atoms with van der Waals surface area (Å²) < 4.78 is 6.94. The third kappa shape index (κ3) is 3.60. The van der Waals surface area contributed by atoms with Gasteiger partial charge in [0.2, 0.25) is 5.91 Å². The van der Waals surface area contributed by atoms with Gasteiger partial charge in [0, 0.05) is 37.2 Å². The van der Waals surface area contributed by atoms with Gasteiger partial charge in [-0.15, -0.1) is 0 Å². The third-order valence-corrected chi connectivity index (χ3v) is 3.82. The first-order valence-electron chi connectivity index (χ1n) is 7.77. The molecule has 0 radical (unpaired) electrons. The lowest BCUT2D eigenvalue weighted by atomic mass is 10.2. The van der Waals surface area contributed by atoms with Crippen LogP contribution in [0.25, 0.3) is 5.82 Å². The molecule has 1 aliphatic heterocycles. The highest BCUT2D eigenvalue weighted by molar-refractivity contribution is 5.97. The second kappa shape index (κ2) is 7.22. The smallest absolute Gasteiger partial charge is 0.252 e. The van der Waals surface area contributed by atoms with E-state index >= 15 is 0 Å². The standard InChI is InChI=1S/C16H19N5O3/c1-12(16(23)20-6-8-24-9-7-20)19-15(22)13-2-3-18-14(10-13)21-5-4-17-11-21/h2-5,10-12H,6-9H2,1H3,(H,19,22). The van der Waals surface area contributed by atoms with Crippen molar-refractivity contribution in [2.75, 3.05) is 26.3 Å². The Hall–Kier alpha value is -2.74. The van der Waals surface area contributed by atoms with Gasteiger partial charge in [-0.3, -0.25) is 14.2 Å². The van der Waals surface area contributed by atoms with E-state index in [1.807, 2.05) is 0 Å². The van der Waals surface area contributed by atoms with Crippen molar-refractivity contribution >= 4 is 11.8 Å². The van der Waals surface area contributed by atoms with Crippen molar-refractivity contribution in [3.8, 4) is 5.82 Å². The largest absolute Gasteiger partial charge is 0.378 e. The van der Waals surface area contributed by atoms with Crippen LogP contribution in [0.1, 0.15) is 17.3 Å². The molecule has 2 aromatic heterocycles. The van der Waals surface area contributed by atoms with E-state index in [1.54, 1.807) is 53.4 Å². The normalized spacial score (nSPS) is 15.8. The van der Waals surface area contributed by atoms with Crippen molar-refractivity contribution in [2.45, 2.75) is 13.0 Å². The molecule has 0 bridgehead atoms. The van der Waals surface area contributed by atoms with E-state index in [0.717, 1.165) is 0 Å². The van der Waals surface area contributed by atoms with Gasteiger partial charge in [-0.05, 0) is 19.1 Å². The predicted octanol–water partition coefficient (Wildman–Crippen LogP) is 0.244. The fraction of sp³-hybridized carbons (Fsp3) is 0.375. The lowest BCUT2D eigenvalue weighted by Gasteiger charge is -2.29. The fourth-order valence-corrected chi connectivity index (χ4v) is 2.49. The third-order valence-electron chi connectivity index (χ3n) is 3.82. The Morgan fingerprint density at radius 1 is 1.29 bits per heavy atom. The van der Waals surface area contributed by atoms with Gasteiger partial charge in [-0.25, -0.2) is 9.97 Å². The summed E-state index contributed by atoms with van der Waals surface area (Å²) in [5.41, 5.74) is 0.440. The molecule has 0 aliphatic carbocycles. The van der Waals surface area contributed by atoms with Crippen molar-refractivity contribution in [1.29, 1.82) is 0 Å². The molecule has 1 fully saturated rings. The van der Waals surface area contributed by atoms with E-state index < -0.39 is 6.04 Å². The van der Waals surface area contributed by atoms with Crippen LogP contribution in [0.15, 0.2) is 37.1 Å². The number of rotatable bonds is 4. The molecule has 1 atom stereocenters. The van der Waals surface area contributed by atoms with Crippen molar-refractivity contribution < 1.29 is 14.3 Å². The van der Waals surface area contributed by atoms with Crippen molar-refractivity contribution in [3.63, 3.8) is 0 Å². The van der Waals surface area contributed by atoms with E-state index in [4.69, 9.17) is 4.74 Å². The van der Waals surface area contributed by atoms with E-state index in [1.165, 1.54) is 0 Å². The zero-order valence-electron chi connectivity index (χ0n) is 13.4. The molecule has 0 spiro atoms. The van der Waals surface area contributed by atoms with Gasteiger partial charge < -0.3 is 15.0 Å². The minimum Gasteiger partial charge on any atom is -0.378 e. The number of ether oxygens (including phenoxy) is 1. The zero-order valence-corrected chi connectivity index (χ0v) is 13.4. The highest BCUT2D eigenvalue weighted by Gasteiger charge is 2.24. The number of nitrogens with one attached hydrogen (secondary N) is 1. The number of hydrogen-bond donors (Lipinski definition) is 1. The van der Waals surface area contributed by atoms with E-state index in [0.29, 0.717) is 37.7 Å². The maximum atomic E-state index is 12.4. The van der Waals surface area contributed by atoms with Gasteiger partial charge in [0.25, 0.3) is 5.91 Å². The Labute approximate surface area is 139 Å². The summed E-state index contributed by atoms with van der Waals surface area (Å²) in [5, 5.41) is 2.74. The Morgan fingerprint density at radius 3 is 2.79 bits per heavy atom. The fourth-order valence-electron chi connectivity index (χ4n) is 2.49. The first kappa shape index (κ1) is 16.1. The molecule has 1 saturated heterocycles. The summed E-state index contributed by atoms with van der Waals surface area (Å²) in [6.07, 6.45) is 6.54. The summed E-state index contributed by atoms with van der Waals surface area (Å²) in [6.45, 7) is 3.86. The molecule has 24 heavy (non-hydrogen) atoms. The molecule has 3 rings (SSSR count). The molecule has 0 aromatic carbocycles. The number of imidazole rings is 1. The molecule has 2 amide bonds. The lowest BCUT2D eigenvalue weighted by molar-refractivity contribution is -0.136. The minimum absolute atomic E-state index is 0.101. The van der Waals surface area contributed by atoms with Gasteiger partial charge in [0.15, 0.2) is 0 Å². The Kier molecular flexibility index (Phi) is 4.85. The van der Waals surface area contributed by atoms with Crippen LogP contribution >= 0.6 is 0 Å². The van der Waals surface area contributed by atoms with Crippen LogP contribution in [0.4, 0.5) is 0 Å². The van der Waals surface area contributed by atoms with Crippen LogP contribution in [0.3, 0.4) is 0 Å². The molecule has 8 nitrogen and oxygen atoms in total. The van der Waals surface area contributed by atoms with E-state index in [2.05, 4.69) is 15.3 Å². The van der Waals surface area contributed by atoms with Gasteiger partial charge in [-0.1, -0.05) is 0 Å². The summed E-state index contributed by atoms with van der Waals surface area (Å²) in [4.78, 5) is 34.6. The van der Waals surface area contributed by atoms with Gasteiger partial charge in [0.05, 0.1) is 13.2 Å². The van der Waals surface area contributed by atoms with Crippen molar-refractivity contribution in [1.82, 2.24) is 24.8 Å². The maximum absolute atomic E-state index is 12.4. The Balaban J connectivity index is 1.66. The van der Waals surface area contributed by atoms with Crippen LogP contribution in [-0.2, 0) is 9.53 Å². The number of carbonyl (C=O) groups is 2. The van der Waals surface area contributed by atoms with Crippen molar-refractivity contribution in [3.05, 3.63) is 42.6 Å². The number of hydrogen-bond acceptors (Lipinski definition) is 5. The molecular formula is C16H19N5O3. The van der Waals surface area contributed by atoms with Crippen LogP contribution in [-0.4, -0.2) is 63.6 Å². The molecule has 0 saturated carbocycles. The average Bonchev–Trinajstić information content (AvgIpc) is 3.16. The summed E-state index contributed by atoms with van der Waals surface area (Å²) in [7, 11) is 0.